The van der Waals surface area contributed by atoms with Gasteiger partial charge in [0.25, 0.3) is 0 Å². The molecule has 2 rings (SSSR count). The topological polar surface area (TPSA) is 70.6 Å². The summed E-state index contributed by atoms with van der Waals surface area (Å²) in [7, 11) is 0. The number of hydrogen-bond acceptors (Lipinski definition) is 3. The first-order valence-corrected chi connectivity index (χ1v) is 7.44. The van der Waals surface area contributed by atoms with Gasteiger partial charge in [0.1, 0.15) is 0 Å². The molecule has 0 unspecified atom stereocenters. The average Bonchev–Trinajstić information content (AvgIpc) is 2.53. The van der Waals surface area contributed by atoms with Crippen LogP contribution in [0.2, 0.25) is 15.1 Å². The maximum atomic E-state index is 11.7. The van der Waals surface area contributed by atoms with Gasteiger partial charge in [-0.1, -0.05) is 53.0 Å². The number of halogens is 3. The van der Waals surface area contributed by atoms with Gasteiger partial charge in [-0.2, -0.15) is 5.10 Å². The van der Waals surface area contributed by atoms with Gasteiger partial charge in [0.2, 0.25) is 0 Å². The highest BCUT2D eigenvalue weighted by Gasteiger charge is 2.15. The largest absolute Gasteiger partial charge is 0.329 e. The summed E-state index contributed by atoms with van der Waals surface area (Å²) in [6.07, 6.45) is 1.38. The van der Waals surface area contributed by atoms with Crippen LogP contribution in [0.25, 0.3) is 0 Å². The molecule has 0 fully saturated rings. The number of nitrogens with zero attached hydrogens (tertiary/aromatic N) is 1. The van der Waals surface area contributed by atoms with Crippen LogP contribution in [0.1, 0.15) is 5.56 Å². The van der Waals surface area contributed by atoms with Crippen molar-refractivity contribution >= 4 is 58.5 Å². The van der Waals surface area contributed by atoms with Crippen LogP contribution in [0.15, 0.2) is 47.6 Å². The van der Waals surface area contributed by atoms with Gasteiger partial charge in [0, 0.05) is 5.02 Å². The van der Waals surface area contributed by atoms with Gasteiger partial charge in [-0.25, -0.2) is 5.43 Å². The van der Waals surface area contributed by atoms with E-state index in [-0.39, 0.29) is 15.7 Å². The second-order valence-electron chi connectivity index (χ2n) is 4.31. The highest BCUT2D eigenvalue weighted by molar-refractivity contribution is 6.45. The molecule has 5 nitrogen and oxygen atoms in total. The number of hydrazone groups is 1. The van der Waals surface area contributed by atoms with Crippen molar-refractivity contribution in [1.29, 1.82) is 0 Å². The van der Waals surface area contributed by atoms with E-state index in [1.165, 1.54) is 12.3 Å². The van der Waals surface area contributed by atoms with Gasteiger partial charge in [0.05, 0.1) is 21.9 Å². The summed E-state index contributed by atoms with van der Waals surface area (Å²) in [4.78, 5) is 23.4. The molecule has 0 radical (unpaired) electrons. The zero-order valence-corrected chi connectivity index (χ0v) is 13.8. The third-order valence-corrected chi connectivity index (χ3v) is 3.73. The maximum Gasteiger partial charge on any atom is 0.329 e. The molecular formula is C15H10Cl3N3O2. The number of hydrogen-bond donors (Lipinski definition) is 2. The minimum atomic E-state index is -0.939. The molecule has 0 aromatic heterocycles. The van der Waals surface area contributed by atoms with Crippen LogP contribution in [0, 0.1) is 0 Å². The van der Waals surface area contributed by atoms with Crippen LogP contribution in [0.4, 0.5) is 5.69 Å². The van der Waals surface area contributed by atoms with Crippen molar-refractivity contribution in [3.8, 4) is 0 Å². The van der Waals surface area contributed by atoms with Crippen LogP contribution in [0.3, 0.4) is 0 Å². The van der Waals surface area contributed by atoms with E-state index in [1.54, 1.807) is 36.4 Å². The molecule has 0 bridgehead atoms. The Kier molecular flexibility index (Phi) is 5.98. The standard InChI is InChI=1S/C15H10Cl3N3O2/c16-10-6-4-9(5-7-10)8-19-21-15(23)14(22)20-12-3-1-2-11(17)13(12)18/h1-8H,(H,20,22)(H,21,23)/b19-8+. The lowest BCUT2D eigenvalue weighted by Crippen LogP contribution is -2.32. The molecule has 2 aromatic rings. The molecule has 2 aromatic carbocycles. The summed E-state index contributed by atoms with van der Waals surface area (Å²) < 4.78 is 0. The SMILES string of the molecule is O=C(N/N=C/c1ccc(Cl)cc1)C(=O)Nc1cccc(Cl)c1Cl. The first kappa shape index (κ1) is 17.3. The number of rotatable bonds is 3. The van der Waals surface area contributed by atoms with Crippen molar-refractivity contribution in [2.24, 2.45) is 5.10 Å². The van der Waals surface area contributed by atoms with Crippen LogP contribution in [-0.2, 0) is 9.59 Å². The summed E-state index contributed by atoms with van der Waals surface area (Å²) in [6, 6.07) is 11.5. The zero-order valence-electron chi connectivity index (χ0n) is 11.5. The first-order chi connectivity index (χ1) is 11.0. The van der Waals surface area contributed by atoms with E-state index in [2.05, 4.69) is 15.8 Å². The van der Waals surface area contributed by atoms with Crippen molar-refractivity contribution in [3.63, 3.8) is 0 Å². The van der Waals surface area contributed by atoms with Gasteiger partial charge in [0.15, 0.2) is 0 Å². The molecule has 23 heavy (non-hydrogen) atoms. The van der Waals surface area contributed by atoms with Crippen LogP contribution < -0.4 is 10.7 Å². The molecule has 0 aliphatic rings. The fourth-order valence-electron chi connectivity index (χ4n) is 1.54. The molecule has 118 valence electrons. The van der Waals surface area contributed by atoms with Crippen LogP contribution in [-0.4, -0.2) is 18.0 Å². The second kappa shape index (κ2) is 7.97. The molecule has 2 N–H and O–H groups in total. The third-order valence-electron chi connectivity index (χ3n) is 2.66. The summed E-state index contributed by atoms with van der Waals surface area (Å²) in [6.45, 7) is 0. The van der Waals surface area contributed by atoms with Crippen LogP contribution in [0.5, 0.6) is 0 Å². The monoisotopic (exact) mass is 369 g/mol. The maximum absolute atomic E-state index is 11.7. The number of carbonyl (C=O) groups excluding carboxylic acids is 2. The number of amides is 2. The van der Waals surface area contributed by atoms with Gasteiger partial charge in [-0.15, -0.1) is 0 Å². The molecule has 0 atom stereocenters. The Hall–Kier alpha value is -2.08. The second-order valence-corrected chi connectivity index (χ2v) is 5.53. The summed E-state index contributed by atoms with van der Waals surface area (Å²) in [5.74, 6) is -1.85. The smallest absolute Gasteiger partial charge is 0.316 e. The molecule has 0 saturated carbocycles. The molecule has 0 aliphatic carbocycles. The van der Waals surface area contributed by atoms with E-state index in [4.69, 9.17) is 34.8 Å². The van der Waals surface area contributed by atoms with E-state index in [1.807, 2.05) is 0 Å². The number of nitrogens with one attached hydrogen (secondary N) is 2. The fourth-order valence-corrected chi connectivity index (χ4v) is 2.02. The van der Waals surface area contributed by atoms with Gasteiger partial charge in [-0.05, 0) is 29.8 Å². The first-order valence-electron chi connectivity index (χ1n) is 6.31. The lowest BCUT2D eigenvalue weighted by molar-refractivity contribution is -0.136. The lowest BCUT2D eigenvalue weighted by atomic mass is 10.2. The zero-order chi connectivity index (χ0) is 16.8. The number of carbonyl (C=O) groups is 2. The normalized spacial score (nSPS) is 10.6. The summed E-state index contributed by atoms with van der Waals surface area (Å²) >= 11 is 17.5. The minimum Gasteiger partial charge on any atom is -0.316 e. The van der Waals surface area contributed by atoms with E-state index in [0.29, 0.717) is 10.6 Å². The lowest BCUT2D eigenvalue weighted by Gasteiger charge is -2.06. The predicted molar refractivity (Wildman–Crippen MR) is 92.3 cm³/mol. The van der Waals surface area contributed by atoms with Gasteiger partial charge < -0.3 is 5.32 Å². The van der Waals surface area contributed by atoms with E-state index in [0.717, 1.165) is 0 Å². The highest BCUT2D eigenvalue weighted by atomic mass is 35.5. The van der Waals surface area contributed by atoms with Crippen molar-refractivity contribution in [1.82, 2.24) is 5.43 Å². The van der Waals surface area contributed by atoms with Crippen molar-refractivity contribution < 1.29 is 9.59 Å². The molecule has 0 heterocycles. The van der Waals surface area contributed by atoms with E-state index >= 15 is 0 Å². The fraction of sp³-hybridized carbons (Fsp3) is 0. The Bertz CT molecular complexity index is 761. The van der Waals surface area contributed by atoms with Gasteiger partial charge in [-0.3, -0.25) is 9.59 Å². The molecule has 0 saturated heterocycles. The molecule has 0 spiro atoms. The predicted octanol–water partition coefficient (Wildman–Crippen LogP) is 3.74. The summed E-state index contributed by atoms with van der Waals surface area (Å²) in [5, 5.41) is 7.04. The molecule has 2 amide bonds. The molecule has 8 heteroatoms. The highest BCUT2D eigenvalue weighted by Crippen LogP contribution is 2.29. The minimum absolute atomic E-state index is 0.153. The Morgan fingerprint density at radius 2 is 1.65 bits per heavy atom. The van der Waals surface area contributed by atoms with Crippen molar-refractivity contribution in [2.45, 2.75) is 0 Å². The number of anilines is 1. The quantitative estimate of drug-likeness (QED) is 0.491. The third kappa shape index (κ3) is 4.96. The van der Waals surface area contributed by atoms with Gasteiger partial charge >= 0.3 is 11.8 Å². The Morgan fingerprint density at radius 3 is 2.35 bits per heavy atom. The average molecular weight is 371 g/mol. The molecule has 0 aliphatic heterocycles. The van der Waals surface area contributed by atoms with Crippen molar-refractivity contribution in [3.05, 3.63) is 63.1 Å². The number of benzene rings is 2. The molecular weight excluding hydrogens is 361 g/mol. The van der Waals surface area contributed by atoms with Crippen molar-refractivity contribution in [2.75, 3.05) is 5.32 Å². The van der Waals surface area contributed by atoms with E-state index < -0.39 is 11.8 Å². The Labute approximate surface area is 147 Å². The Balaban J connectivity index is 1.94. The summed E-state index contributed by atoms with van der Waals surface area (Å²) in [5.41, 5.74) is 3.06. The Morgan fingerprint density at radius 1 is 0.957 bits per heavy atom. The van der Waals surface area contributed by atoms with Crippen LogP contribution >= 0.6 is 34.8 Å². The van der Waals surface area contributed by atoms with E-state index in [9.17, 15) is 9.59 Å².